The Morgan fingerprint density at radius 3 is 2.85 bits per heavy atom. The van der Waals surface area contributed by atoms with Crippen molar-refractivity contribution in [1.29, 1.82) is 0 Å². The fourth-order valence-electron chi connectivity index (χ4n) is 1.40. The minimum atomic E-state index is -1.19. The monoisotopic (exact) mass is 281 g/mol. The van der Waals surface area contributed by atoms with Gasteiger partial charge in [0.15, 0.2) is 5.69 Å². The van der Waals surface area contributed by atoms with E-state index in [4.69, 9.17) is 9.84 Å². The van der Waals surface area contributed by atoms with Gasteiger partial charge in [0, 0.05) is 19.3 Å². The lowest BCUT2D eigenvalue weighted by Crippen LogP contribution is -2.32. The van der Waals surface area contributed by atoms with E-state index in [1.54, 1.807) is 6.07 Å². The van der Waals surface area contributed by atoms with Gasteiger partial charge < -0.3 is 20.5 Å². The number of hydrogen-bond acceptors (Lipinski definition) is 4. The van der Waals surface area contributed by atoms with E-state index < -0.39 is 12.0 Å². The number of nitrogens with zero attached hydrogens (tertiary/aromatic N) is 1. The second kappa shape index (κ2) is 8.11. The summed E-state index contributed by atoms with van der Waals surface area (Å²) in [5.41, 5.74) is -0.0423. The van der Waals surface area contributed by atoms with Crippen LogP contribution in [0.3, 0.4) is 0 Å². The maximum atomic E-state index is 11.6. The van der Waals surface area contributed by atoms with Gasteiger partial charge >= 0.3 is 12.0 Å². The number of hydrogen-bond donors (Lipinski definition) is 3. The molecular weight excluding hydrogens is 262 g/mol. The summed E-state index contributed by atoms with van der Waals surface area (Å²) in [5, 5.41) is 13.9. The second-order valence-electron chi connectivity index (χ2n) is 4.55. The number of rotatable bonds is 7. The summed E-state index contributed by atoms with van der Waals surface area (Å²) in [5.74, 6) is -0.751. The number of ether oxygens (including phenoxy) is 1. The Labute approximate surface area is 117 Å². The van der Waals surface area contributed by atoms with Crippen LogP contribution in [-0.4, -0.2) is 41.8 Å². The van der Waals surface area contributed by atoms with Crippen molar-refractivity contribution >= 4 is 17.7 Å². The normalized spacial score (nSPS) is 10.3. The SMILES string of the molecule is CC(C)COCCNC(=O)Nc1cccnc1C(=O)O. The number of carboxylic acid groups (broad SMARTS) is 1. The lowest BCUT2D eigenvalue weighted by Gasteiger charge is -2.10. The van der Waals surface area contributed by atoms with Crippen molar-refractivity contribution in [1.82, 2.24) is 10.3 Å². The van der Waals surface area contributed by atoms with Crippen molar-refractivity contribution in [2.75, 3.05) is 25.1 Å². The zero-order chi connectivity index (χ0) is 15.0. The summed E-state index contributed by atoms with van der Waals surface area (Å²) >= 11 is 0. The van der Waals surface area contributed by atoms with E-state index in [9.17, 15) is 9.59 Å². The highest BCUT2D eigenvalue weighted by Crippen LogP contribution is 2.11. The van der Waals surface area contributed by atoms with Crippen LogP contribution in [0.25, 0.3) is 0 Å². The molecule has 0 radical (unpaired) electrons. The molecular formula is C13H19N3O4. The van der Waals surface area contributed by atoms with Gasteiger partial charge in [0.1, 0.15) is 0 Å². The summed E-state index contributed by atoms with van der Waals surface area (Å²) in [6, 6.07) is 2.53. The molecule has 110 valence electrons. The topological polar surface area (TPSA) is 101 Å². The van der Waals surface area contributed by atoms with Crippen LogP contribution in [0.5, 0.6) is 0 Å². The van der Waals surface area contributed by atoms with Gasteiger partial charge in [-0.1, -0.05) is 13.8 Å². The number of nitrogens with one attached hydrogen (secondary N) is 2. The third-order valence-electron chi connectivity index (χ3n) is 2.24. The third-order valence-corrected chi connectivity index (χ3v) is 2.24. The quantitative estimate of drug-likeness (QED) is 0.659. The van der Waals surface area contributed by atoms with E-state index in [2.05, 4.69) is 15.6 Å². The molecule has 0 saturated heterocycles. The summed E-state index contributed by atoms with van der Waals surface area (Å²) in [6.07, 6.45) is 1.35. The van der Waals surface area contributed by atoms with E-state index in [1.807, 2.05) is 13.8 Å². The lowest BCUT2D eigenvalue weighted by atomic mass is 10.2. The summed E-state index contributed by atoms with van der Waals surface area (Å²) in [6.45, 7) is 5.46. The van der Waals surface area contributed by atoms with E-state index in [0.29, 0.717) is 25.7 Å². The molecule has 0 saturated carbocycles. The molecule has 0 bridgehead atoms. The smallest absolute Gasteiger partial charge is 0.356 e. The fourth-order valence-corrected chi connectivity index (χ4v) is 1.40. The molecule has 2 amide bonds. The van der Waals surface area contributed by atoms with Gasteiger partial charge in [-0.2, -0.15) is 0 Å². The first-order valence-corrected chi connectivity index (χ1v) is 6.31. The van der Waals surface area contributed by atoms with Crippen LogP contribution in [0.2, 0.25) is 0 Å². The van der Waals surface area contributed by atoms with Crippen molar-refractivity contribution in [3.63, 3.8) is 0 Å². The molecule has 0 aromatic carbocycles. The first kappa shape index (κ1) is 15.9. The highest BCUT2D eigenvalue weighted by Gasteiger charge is 2.12. The Kier molecular flexibility index (Phi) is 6.45. The van der Waals surface area contributed by atoms with Crippen molar-refractivity contribution < 1.29 is 19.4 Å². The molecule has 7 nitrogen and oxygen atoms in total. The average molecular weight is 281 g/mol. The zero-order valence-electron chi connectivity index (χ0n) is 11.5. The van der Waals surface area contributed by atoms with Crippen molar-refractivity contribution in [2.45, 2.75) is 13.8 Å². The summed E-state index contributed by atoms with van der Waals surface area (Å²) in [7, 11) is 0. The van der Waals surface area contributed by atoms with Gasteiger partial charge in [0.2, 0.25) is 0 Å². The molecule has 0 aliphatic heterocycles. The molecule has 0 spiro atoms. The van der Waals surface area contributed by atoms with Crippen LogP contribution in [0.15, 0.2) is 18.3 Å². The molecule has 1 aromatic rings. The first-order valence-electron chi connectivity index (χ1n) is 6.31. The van der Waals surface area contributed by atoms with Crippen LogP contribution in [0.4, 0.5) is 10.5 Å². The van der Waals surface area contributed by atoms with Crippen LogP contribution in [0, 0.1) is 5.92 Å². The molecule has 1 rings (SSSR count). The minimum Gasteiger partial charge on any atom is -0.476 e. The number of pyridine rings is 1. The molecule has 0 atom stereocenters. The Hall–Kier alpha value is -2.15. The van der Waals surface area contributed by atoms with Crippen molar-refractivity contribution in [3.8, 4) is 0 Å². The number of aromatic carboxylic acids is 1. The maximum Gasteiger partial charge on any atom is 0.356 e. The molecule has 3 N–H and O–H groups in total. The number of urea groups is 1. The average Bonchev–Trinajstić information content (AvgIpc) is 2.38. The van der Waals surface area contributed by atoms with E-state index in [0.717, 1.165) is 0 Å². The largest absolute Gasteiger partial charge is 0.476 e. The van der Waals surface area contributed by atoms with Gasteiger partial charge in [-0.15, -0.1) is 0 Å². The number of carbonyl (C=O) groups is 2. The molecule has 1 aromatic heterocycles. The van der Waals surface area contributed by atoms with Gasteiger partial charge in [-0.3, -0.25) is 0 Å². The number of amides is 2. The zero-order valence-corrected chi connectivity index (χ0v) is 11.5. The minimum absolute atomic E-state index is 0.153. The number of carbonyl (C=O) groups excluding carboxylic acids is 1. The van der Waals surface area contributed by atoms with Crippen molar-refractivity contribution in [2.24, 2.45) is 5.92 Å². The molecule has 20 heavy (non-hydrogen) atoms. The van der Waals surface area contributed by atoms with Gasteiger partial charge in [0.25, 0.3) is 0 Å². The Morgan fingerprint density at radius 2 is 2.20 bits per heavy atom. The molecule has 7 heteroatoms. The van der Waals surface area contributed by atoms with E-state index in [1.165, 1.54) is 12.3 Å². The van der Waals surface area contributed by atoms with Crippen molar-refractivity contribution in [3.05, 3.63) is 24.0 Å². The van der Waals surface area contributed by atoms with E-state index >= 15 is 0 Å². The van der Waals surface area contributed by atoms with Crippen LogP contribution in [-0.2, 0) is 4.74 Å². The summed E-state index contributed by atoms with van der Waals surface area (Å²) < 4.78 is 5.31. The highest BCUT2D eigenvalue weighted by molar-refractivity contribution is 5.98. The Morgan fingerprint density at radius 1 is 1.45 bits per heavy atom. The van der Waals surface area contributed by atoms with E-state index in [-0.39, 0.29) is 11.4 Å². The Balaban J connectivity index is 2.37. The third kappa shape index (κ3) is 5.66. The molecule has 0 aliphatic carbocycles. The number of carboxylic acids is 1. The van der Waals surface area contributed by atoms with Crippen LogP contribution < -0.4 is 10.6 Å². The summed E-state index contributed by atoms with van der Waals surface area (Å²) in [4.78, 5) is 26.2. The molecule has 1 heterocycles. The lowest BCUT2D eigenvalue weighted by molar-refractivity contribution is 0.0691. The highest BCUT2D eigenvalue weighted by atomic mass is 16.5. The standard InChI is InChI=1S/C13H19N3O4/c1-9(2)8-20-7-6-15-13(19)16-10-4-3-5-14-11(10)12(17)18/h3-5,9H,6-8H2,1-2H3,(H,17,18)(H2,15,16,19). The predicted molar refractivity (Wildman–Crippen MR) is 73.9 cm³/mol. The number of aromatic nitrogens is 1. The Bertz CT molecular complexity index is 463. The van der Waals surface area contributed by atoms with Gasteiger partial charge in [-0.25, -0.2) is 14.6 Å². The molecule has 0 aliphatic rings. The van der Waals surface area contributed by atoms with Gasteiger partial charge in [-0.05, 0) is 18.1 Å². The number of anilines is 1. The molecule has 0 unspecified atom stereocenters. The molecule has 0 fully saturated rings. The van der Waals surface area contributed by atoms with Gasteiger partial charge in [0.05, 0.1) is 12.3 Å². The maximum absolute atomic E-state index is 11.6. The second-order valence-corrected chi connectivity index (χ2v) is 4.55. The predicted octanol–water partition coefficient (Wildman–Crippen LogP) is 1.57. The van der Waals surface area contributed by atoms with Crippen LogP contribution in [0.1, 0.15) is 24.3 Å². The van der Waals surface area contributed by atoms with Crippen LogP contribution >= 0.6 is 0 Å². The first-order chi connectivity index (χ1) is 9.50. The fraction of sp³-hybridized carbons (Fsp3) is 0.462.